The van der Waals surface area contributed by atoms with Crippen molar-refractivity contribution in [3.8, 4) is 0 Å². The van der Waals surface area contributed by atoms with Crippen molar-refractivity contribution in [1.29, 1.82) is 0 Å². The van der Waals surface area contributed by atoms with Gasteiger partial charge in [-0.15, -0.1) is 0 Å². The fourth-order valence-corrected chi connectivity index (χ4v) is 3.58. The summed E-state index contributed by atoms with van der Waals surface area (Å²) in [6, 6.07) is 4.70. The Bertz CT molecular complexity index is 818. The molecule has 0 spiro atoms. The van der Waals surface area contributed by atoms with Crippen LogP contribution < -0.4 is 15.4 Å². The van der Waals surface area contributed by atoms with Crippen molar-refractivity contribution in [2.45, 2.75) is 63.9 Å². The Morgan fingerprint density at radius 1 is 1.07 bits per heavy atom. The van der Waals surface area contributed by atoms with Gasteiger partial charge in [-0.1, -0.05) is 12.5 Å². The van der Waals surface area contributed by atoms with E-state index in [1.54, 1.807) is 26.8 Å². The number of carboxylic acid groups (broad SMARTS) is 1. The second-order valence-corrected chi connectivity index (χ2v) is 9.70. The van der Waals surface area contributed by atoms with E-state index in [1.165, 1.54) is 12.1 Å². The molecule has 10 heteroatoms. The number of aryl methyl sites for hydroxylation is 1. The minimum absolute atomic E-state index is 0.0581. The van der Waals surface area contributed by atoms with Gasteiger partial charge in [-0.3, -0.25) is 4.79 Å². The third-order valence-electron chi connectivity index (χ3n) is 3.99. The maximum absolute atomic E-state index is 12.5. The first-order chi connectivity index (χ1) is 13.9. The number of hydrogen-bond acceptors (Lipinski definition) is 6. The minimum Gasteiger partial charge on any atom is -0.481 e. The summed E-state index contributed by atoms with van der Waals surface area (Å²) in [7, 11) is -3.66. The Hall–Kier alpha value is -2.33. The molecule has 0 bridgehead atoms. The van der Waals surface area contributed by atoms with Gasteiger partial charge in [0.15, 0.2) is 0 Å². The molecule has 0 aliphatic rings. The quantitative estimate of drug-likeness (QED) is 0.365. The van der Waals surface area contributed by atoms with E-state index in [1.807, 2.05) is 6.92 Å². The molecule has 1 amide bonds. The lowest BCUT2D eigenvalue weighted by atomic mass is 10.2. The smallest absolute Gasteiger partial charge is 0.407 e. The predicted octanol–water partition coefficient (Wildman–Crippen LogP) is 2.85. The lowest BCUT2D eigenvalue weighted by Crippen LogP contribution is -2.33. The molecular weight excluding hydrogens is 410 g/mol. The summed E-state index contributed by atoms with van der Waals surface area (Å²) in [6.45, 7) is 8.16. The van der Waals surface area contributed by atoms with Crippen LogP contribution in [0.25, 0.3) is 0 Å². The van der Waals surface area contributed by atoms with Gasteiger partial charge in [-0.25, -0.2) is 17.9 Å². The molecule has 4 N–H and O–H groups in total. The van der Waals surface area contributed by atoms with Gasteiger partial charge in [0, 0.05) is 25.3 Å². The molecular formula is C20H33N3O6S. The number of benzene rings is 1. The van der Waals surface area contributed by atoms with Crippen molar-refractivity contribution in [3.63, 3.8) is 0 Å². The van der Waals surface area contributed by atoms with Crippen LogP contribution in [0.3, 0.4) is 0 Å². The van der Waals surface area contributed by atoms with Crippen molar-refractivity contribution in [3.05, 3.63) is 23.8 Å². The average Bonchev–Trinajstić information content (AvgIpc) is 2.60. The first-order valence-corrected chi connectivity index (χ1v) is 11.4. The summed E-state index contributed by atoms with van der Waals surface area (Å²) in [6.07, 6.45) is 1.56. The fraction of sp³-hybridized carbons (Fsp3) is 0.600. The van der Waals surface area contributed by atoms with E-state index in [9.17, 15) is 18.0 Å². The zero-order valence-electron chi connectivity index (χ0n) is 18.1. The van der Waals surface area contributed by atoms with Crippen molar-refractivity contribution < 1.29 is 27.9 Å². The van der Waals surface area contributed by atoms with E-state index < -0.39 is 27.7 Å². The Morgan fingerprint density at radius 3 is 2.37 bits per heavy atom. The zero-order chi connectivity index (χ0) is 22.8. The Balaban J connectivity index is 2.40. The van der Waals surface area contributed by atoms with Gasteiger partial charge >= 0.3 is 12.1 Å². The Labute approximate surface area is 178 Å². The SMILES string of the molecule is Cc1ccc(S(=O)(=O)NCCCCCNC(=O)OC(C)(C)C)cc1NCCC(=O)O. The number of rotatable bonds is 12. The first kappa shape index (κ1) is 25.7. The van der Waals surface area contributed by atoms with Crippen LogP contribution in [0.5, 0.6) is 0 Å². The van der Waals surface area contributed by atoms with Crippen LogP contribution in [0, 0.1) is 6.92 Å². The maximum Gasteiger partial charge on any atom is 0.407 e. The van der Waals surface area contributed by atoms with Gasteiger partial charge in [-0.2, -0.15) is 0 Å². The number of carbonyl (C=O) groups excluding carboxylic acids is 1. The standard InChI is InChI=1S/C20H33N3O6S/c1-15-8-9-16(14-17(15)21-13-10-18(24)25)30(27,28)23-12-7-5-6-11-22-19(26)29-20(2,3)4/h8-9,14,21,23H,5-7,10-13H2,1-4H3,(H,22,26)(H,24,25). The molecule has 1 aromatic rings. The fourth-order valence-electron chi connectivity index (χ4n) is 2.48. The molecule has 1 aromatic carbocycles. The third kappa shape index (κ3) is 10.4. The average molecular weight is 444 g/mol. The topological polar surface area (TPSA) is 134 Å². The number of ether oxygens (including phenoxy) is 1. The molecule has 0 saturated carbocycles. The Morgan fingerprint density at radius 2 is 1.73 bits per heavy atom. The summed E-state index contributed by atoms with van der Waals surface area (Å²) in [5, 5.41) is 14.3. The first-order valence-electron chi connectivity index (χ1n) is 9.93. The van der Waals surface area contributed by atoms with Gasteiger partial charge < -0.3 is 20.5 Å². The number of aliphatic carboxylic acids is 1. The van der Waals surface area contributed by atoms with Crippen LogP contribution in [-0.4, -0.2) is 50.8 Å². The lowest BCUT2D eigenvalue weighted by molar-refractivity contribution is -0.136. The molecule has 9 nitrogen and oxygen atoms in total. The normalized spacial score (nSPS) is 11.7. The van der Waals surface area contributed by atoms with Crippen LogP contribution in [0.2, 0.25) is 0 Å². The van der Waals surface area contributed by atoms with Gasteiger partial charge in [0.05, 0.1) is 11.3 Å². The van der Waals surface area contributed by atoms with Crippen LogP contribution >= 0.6 is 0 Å². The molecule has 170 valence electrons. The summed E-state index contributed by atoms with van der Waals surface area (Å²) < 4.78 is 32.7. The van der Waals surface area contributed by atoms with Crippen LogP contribution in [0.4, 0.5) is 10.5 Å². The maximum atomic E-state index is 12.5. The zero-order valence-corrected chi connectivity index (χ0v) is 18.9. The number of anilines is 1. The third-order valence-corrected chi connectivity index (χ3v) is 5.45. The molecule has 0 atom stereocenters. The van der Waals surface area contributed by atoms with E-state index in [0.29, 0.717) is 25.1 Å². The van der Waals surface area contributed by atoms with Crippen molar-refractivity contribution >= 4 is 27.8 Å². The molecule has 0 unspecified atom stereocenters. The van der Waals surface area contributed by atoms with Crippen LogP contribution in [0.15, 0.2) is 23.1 Å². The van der Waals surface area contributed by atoms with Gasteiger partial charge in [0.25, 0.3) is 0 Å². The molecule has 1 rings (SSSR count). The summed E-state index contributed by atoms with van der Waals surface area (Å²) in [4.78, 5) is 22.3. The van der Waals surface area contributed by atoms with Crippen molar-refractivity contribution in [1.82, 2.24) is 10.0 Å². The lowest BCUT2D eigenvalue weighted by Gasteiger charge is -2.19. The predicted molar refractivity (Wildman–Crippen MR) is 115 cm³/mol. The van der Waals surface area contributed by atoms with Crippen LogP contribution in [-0.2, 0) is 19.6 Å². The number of alkyl carbamates (subject to hydrolysis) is 1. The number of nitrogens with one attached hydrogen (secondary N) is 3. The minimum atomic E-state index is -3.66. The van der Waals surface area contributed by atoms with Crippen LogP contribution in [0.1, 0.15) is 52.0 Å². The van der Waals surface area contributed by atoms with Gasteiger partial charge in [-0.05, 0) is 58.2 Å². The van der Waals surface area contributed by atoms with E-state index in [2.05, 4.69) is 15.4 Å². The number of hydrogen-bond donors (Lipinski definition) is 4. The molecule has 0 heterocycles. The molecule has 0 aliphatic carbocycles. The largest absolute Gasteiger partial charge is 0.481 e. The summed E-state index contributed by atoms with van der Waals surface area (Å²) in [5.41, 5.74) is 0.883. The second-order valence-electron chi connectivity index (χ2n) is 7.93. The van der Waals surface area contributed by atoms with E-state index in [-0.39, 0.29) is 24.4 Å². The summed E-state index contributed by atoms with van der Waals surface area (Å²) in [5.74, 6) is -0.924. The highest BCUT2D eigenvalue weighted by Crippen LogP contribution is 2.20. The molecule has 0 aromatic heterocycles. The van der Waals surface area contributed by atoms with Gasteiger partial charge in [0.1, 0.15) is 5.60 Å². The highest BCUT2D eigenvalue weighted by Gasteiger charge is 2.16. The number of carboxylic acids is 1. The summed E-state index contributed by atoms with van der Waals surface area (Å²) >= 11 is 0. The van der Waals surface area contributed by atoms with E-state index >= 15 is 0 Å². The Kier molecular flexibility index (Phi) is 10.1. The highest BCUT2D eigenvalue weighted by molar-refractivity contribution is 7.89. The number of unbranched alkanes of at least 4 members (excludes halogenated alkanes) is 2. The number of sulfonamides is 1. The van der Waals surface area contributed by atoms with Gasteiger partial charge in [0.2, 0.25) is 10.0 Å². The molecule has 0 fully saturated rings. The number of carbonyl (C=O) groups is 2. The van der Waals surface area contributed by atoms with E-state index in [4.69, 9.17) is 9.84 Å². The molecule has 30 heavy (non-hydrogen) atoms. The monoisotopic (exact) mass is 443 g/mol. The molecule has 0 radical (unpaired) electrons. The second kappa shape index (κ2) is 11.8. The highest BCUT2D eigenvalue weighted by atomic mass is 32.2. The van der Waals surface area contributed by atoms with Crippen molar-refractivity contribution in [2.75, 3.05) is 25.0 Å². The molecule has 0 saturated heterocycles. The number of amides is 1. The molecule has 0 aliphatic heterocycles. The van der Waals surface area contributed by atoms with Crippen molar-refractivity contribution in [2.24, 2.45) is 0 Å². The van der Waals surface area contributed by atoms with E-state index in [0.717, 1.165) is 12.0 Å².